The number of nitrogens with zero attached hydrogens (tertiary/aromatic N) is 5. The fourth-order valence-corrected chi connectivity index (χ4v) is 6.38. The molecule has 9 nitrogen and oxygen atoms in total. The second-order valence-corrected chi connectivity index (χ2v) is 12.4. The van der Waals surface area contributed by atoms with E-state index in [0.29, 0.717) is 17.4 Å². The SMILES string of the molecule is C=C1N(C)C(=C/C)/C(=N\C(C)Nc2ccc(C(=O)NN3CCN(C)CC3)cc2OC)N(C2CCCCC2)CC1(C)CC. The number of rotatable bonds is 8. The molecule has 3 fully saturated rings. The largest absolute Gasteiger partial charge is 0.495 e. The summed E-state index contributed by atoms with van der Waals surface area (Å²) < 4.78 is 5.73. The van der Waals surface area contributed by atoms with Gasteiger partial charge >= 0.3 is 0 Å². The first-order chi connectivity index (χ1) is 20.1. The Bertz CT molecular complexity index is 1170. The molecule has 1 aromatic carbocycles. The number of anilines is 1. The Kier molecular flexibility index (Phi) is 10.6. The highest BCUT2D eigenvalue weighted by Gasteiger charge is 2.40. The van der Waals surface area contributed by atoms with Crippen LogP contribution in [0.1, 0.15) is 76.6 Å². The number of carbonyl (C=O) groups excluding carboxylic acids is 1. The first-order valence-corrected chi connectivity index (χ1v) is 15.7. The molecule has 2 aliphatic heterocycles. The molecule has 232 valence electrons. The van der Waals surface area contributed by atoms with Crippen molar-refractivity contribution in [2.45, 2.75) is 78.4 Å². The van der Waals surface area contributed by atoms with Crippen LogP contribution in [0.25, 0.3) is 0 Å². The number of piperazine rings is 1. The minimum atomic E-state index is -0.229. The van der Waals surface area contributed by atoms with E-state index in [1.165, 1.54) is 32.1 Å². The quantitative estimate of drug-likeness (QED) is 0.441. The van der Waals surface area contributed by atoms with Crippen LogP contribution in [-0.4, -0.2) is 97.6 Å². The Balaban J connectivity index is 1.58. The van der Waals surface area contributed by atoms with Gasteiger partial charge in [0.25, 0.3) is 5.91 Å². The van der Waals surface area contributed by atoms with Crippen LogP contribution in [0, 0.1) is 5.41 Å². The molecule has 3 aliphatic rings. The molecule has 2 heterocycles. The van der Waals surface area contributed by atoms with Crippen LogP contribution in [0.2, 0.25) is 0 Å². The van der Waals surface area contributed by atoms with E-state index in [1.54, 1.807) is 13.2 Å². The Morgan fingerprint density at radius 2 is 1.88 bits per heavy atom. The standard InChI is InChI=1S/C33H53N7O2/c1-9-29-31(40(27-14-12-11-13-15-27)23-33(5,10-2)24(3)38(29)7)35-25(4)34-28-17-16-26(22-30(28)42-8)32(41)36-39-20-18-37(6)19-21-39/h9,16-17,22,25,27,34H,3,10-15,18-21,23H2,1-2,4-8H3,(H,36,41)/b29-9+,35-31+. The second kappa shape index (κ2) is 14.0. The van der Waals surface area contributed by atoms with Gasteiger partial charge in [0, 0.05) is 62.5 Å². The number of nitrogens with one attached hydrogen (secondary N) is 2. The molecule has 4 rings (SSSR count). The number of benzene rings is 1. The monoisotopic (exact) mass is 579 g/mol. The van der Waals surface area contributed by atoms with Crippen LogP contribution in [0.5, 0.6) is 5.75 Å². The van der Waals surface area contributed by atoms with Crippen molar-refractivity contribution >= 4 is 17.4 Å². The first kappa shape index (κ1) is 31.9. The number of likely N-dealkylation sites (N-methyl/N-ethyl adjacent to an activating group) is 2. The van der Waals surface area contributed by atoms with Gasteiger partial charge in [-0.05, 0) is 58.4 Å². The van der Waals surface area contributed by atoms with Gasteiger partial charge in [0.05, 0.1) is 18.5 Å². The molecular weight excluding hydrogens is 526 g/mol. The Morgan fingerprint density at radius 1 is 1.19 bits per heavy atom. The molecule has 0 radical (unpaired) electrons. The zero-order valence-corrected chi connectivity index (χ0v) is 27.0. The lowest BCUT2D eigenvalue weighted by Crippen LogP contribution is -2.52. The van der Waals surface area contributed by atoms with Crippen molar-refractivity contribution in [2.24, 2.45) is 10.4 Å². The van der Waals surface area contributed by atoms with E-state index in [9.17, 15) is 4.79 Å². The lowest BCUT2D eigenvalue weighted by molar-refractivity contribution is 0.0662. The molecule has 1 aliphatic carbocycles. The molecule has 1 amide bonds. The number of hydrazine groups is 1. The number of hydrogen-bond acceptors (Lipinski definition) is 7. The normalized spacial score (nSPS) is 25.9. The van der Waals surface area contributed by atoms with Crippen LogP contribution in [0.4, 0.5) is 5.69 Å². The highest BCUT2D eigenvalue weighted by atomic mass is 16.5. The minimum Gasteiger partial charge on any atom is -0.495 e. The molecule has 0 spiro atoms. The lowest BCUT2D eigenvalue weighted by Gasteiger charge is -2.40. The van der Waals surface area contributed by atoms with E-state index in [2.05, 4.69) is 79.9 Å². The van der Waals surface area contributed by atoms with Gasteiger partial charge in [-0.15, -0.1) is 0 Å². The number of allylic oxidation sites excluding steroid dienone is 1. The van der Waals surface area contributed by atoms with Gasteiger partial charge in [0.2, 0.25) is 0 Å². The third-order valence-corrected chi connectivity index (χ3v) is 9.46. The van der Waals surface area contributed by atoms with Gasteiger partial charge in [-0.1, -0.05) is 45.8 Å². The second-order valence-electron chi connectivity index (χ2n) is 12.4. The fraction of sp³-hybridized carbons (Fsp3) is 0.636. The number of carbonyl (C=O) groups is 1. The molecule has 2 atom stereocenters. The maximum Gasteiger partial charge on any atom is 0.265 e. The topological polar surface area (TPSA) is 75.7 Å². The Labute approximate surface area is 253 Å². The third kappa shape index (κ3) is 7.11. The molecular formula is C33H53N7O2. The average Bonchev–Trinajstić information content (AvgIpc) is 3.07. The third-order valence-electron chi connectivity index (χ3n) is 9.46. The summed E-state index contributed by atoms with van der Waals surface area (Å²) in [4.78, 5) is 25.4. The summed E-state index contributed by atoms with van der Waals surface area (Å²) >= 11 is 0. The van der Waals surface area contributed by atoms with E-state index in [4.69, 9.17) is 9.73 Å². The van der Waals surface area contributed by atoms with Crippen LogP contribution >= 0.6 is 0 Å². The summed E-state index contributed by atoms with van der Waals surface area (Å²) in [5, 5.41) is 5.54. The summed E-state index contributed by atoms with van der Waals surface area (Å²) in [7, 11) is 5.86. The summed E-state index contributed by atoms with van der Waals surface area (Å²) in [6, 6.07) is 6.03. The molecule has 1 aromatic rings. The van der Waals surface area contributed by atoms with Gasteiger partial charge in [-0.2, -0.15) is 0 Å². The van der Waals surface area contributed by atoms with Gasteiger partial charge < -0.3 is 24.8 Å². The predicted octanol–water partition coefficient (Wildman–Crippen LogP) is 5.16. The average molecular weight is 580 g/mol. The van der Waals surface area contributed by atoms with Crippen molar-refractivity contribution in [3.63, 3.8) is 0 Å². The first-order valence-electron chi connectivity index (χ1n) is 15.7. The maximum atomic E-state index is 13.0. The highest BCUT2D eigenvalue weighted by Crippen LogP contribution is 2.40. The number of methoxy groups -OCH3 is 1. The van der Waals surface area contributed by atoms with Crippen LogP contribution < -0.4 is 15.5 Å². The van der Waals surface area contributed by atoms with E-state index in [1.807, 2.05) is 17.1 Å². The van der Waals surface area contributed by atoms with E-state index in [0.717, 1.165) is 62.1 Å². The van der Waals surface area contributed by atoms with Crippen molar-refractivity contribution in [1.82, 2.24) is 25.1 Å². The number of hydrogen-bond donors (Lipinski definition) is 2. The van der Waals surface area contributed by atoms with Gasteiger partial charge in [0.15, 0.2) is 0 Å². The molecule has 2 saturated heterocycles. The zero-order chi connectivity index (χ0) is 30.4. The number of amides is 1. The molecule has 1 saturated carbocycles. The van der Waals surface area contributed by atoms with E-state index in [-0.39, 0.29) is 17.5 Å². The molecule has 2 unspecified atom stereocenters. The number of aliphatic imine (C=N–C) groups is 1. The number of ether oxygens (including phenoxy) is 1. The summed E-state index contributed by atoms with van der Waals surface area (Å²) in [5.41, 5.74) is 6.60. The van der Waals surface area contributed by atoms with Gasteiger partial charge in [0.1, 0.15) is 17.8 Å². The van der Waals surface area contributed by atoms with Crippen LogP contribution in [-0.2, 0) is 0 Å². The van der Waals surface area contributed by atoms with Gasteiger partial charge in [-0.3, -0.25) is 10.2 Å². The Morgan fingerprint density at radius 3 is 2.50 bits per heavy atom. The van der Waals surface area contributed by atoms with Crippen molar-refractivity contribution in [1.29, 1.82) is 0 Å². The van der Waals surface area contributed by atoms with Crippen LogP contribution in [0.15, 0.2) is 47.2 Å². The van der Waals surface area contributed by atoms with Crippen molar-refractivity contribution < 1.29 is 9.53 Å². The number of amidine groups is 1. The van der Waals surface area contributed by atoms with E-state index >= 15 is 0 Å². The fourth-order valence-electron chi connectivity index (χ4n) is 6.38. The molecule has 2 N–H and O–H groups in total. The lowest BCUT2D eigenvalue weighted by atomic mass is 9.82. The van der Waals surface area contributed by atoms with Crippen molar-refractivity contribution in [3.8, 4) is 5.75 Å². The van der Waals surface area contributed by atoms with Crippen molar-refractivity contribution in [3.05, 3.63) is 47.8 Å². The summed E-state index contributed by atoms with van der Waals surface area (Å²) in [6.45, 7) is 17.7. The van der Waals surface area contributed by atoms with E-state index < -0.39 is 0 Å². The summed E-state index contributed by atoms with van der Waals surface area (Å²) in [6.07, 6.45) is 9.18. The molecule has 0 bridgehead atoms. The Hall–Kier alpha value is -3.04. The molecule has 9 heteroatoms. The molecule has 0 aromatic heterocycles. The molecule has 42 heavy (non-hydrogen) atoms. The summed E-state index contributed by atoms with van der Waals surface area (Å²) in [5.74, 6) is 1.51. The zero-order valence-electron chi connectivity index (χ0n) is 27.0. The minimum absolute atomic E-state index is 0.0435. The predicted molar refractivity (Wildman–Crippen MR) is 173 cm³/mol. The maximum absolute atomic E-state index is 13.0. The van der Waals surface area contributed by atoms with Gasteiger partial charge in [-0.25, -0.2) is 10.0 Å². The van der Waals surface area contributed by atoms with Crippen molar-refractivity contribution in [2.75, 3.05) is 59.2 Å². The van der Waals surface area contributed by atoms with Crippen LogP contribution in [0.3, 0.4) is 0 Å². The smallest absolute Gasteiger partial charge is 0.265 e. The highest BCUT2D eigenvalue weighted by molar-refractivity contribution is 5.99.